The number of rotatable bonds is 6. The molecule has 0 spiro atoms. The van der Waals surface area contributed by atoms with E-state index in [-0.39, 0.29) is 5.92 Å². The summed E-state index contributed by atoms with van der Waals surface area (Å²) in [6.45, 7) is 8.64. The molecule has 1 heterocycles. The SMILES string of the molecule is CCC(C)c1cc(S(=O)(=O)N2CCN(c3ccccc3C)CC2)ccc1OC. The summed E-state index contributed by atoms with van der Waals surface area (Å²) in [7, 11) is -1.89. The van der Waals surface area contributed by atoms with Crippen molar-refractivity contribution in [1.82, 2.24) is 4.31 Å². The first-order valence-corrected chi connectivity index (χ1v) is 11.3. The standard InChI is InChI=1S/C22H30N2O3S/c1-5-17(2)20-16-19(10-11-22(20)27-4)28(25,26)24-14-12-23(13-15-24)21-9-7-6-8-18(21)3/h6-11,16-17H,5,12-15H2,1-4H3. The van der Waals surface area contributed by atoms with Crippen molar-refractivity contribution in [2.45, 2.75) is 38.0 Å². The van der Waals surface area contributed by atoms with Gasteiger partial charge in [0.2, 0.25) is 10.0 Å². The van der Waals surface area contributed by atoms with Gasteiger partial charge < -0.3 is 9.64 Å². The van der Waals surface area contributed by atoms with Gasteiger partial charge in [-0.15, -0.1) is 0 Å². The van der Waals surface area contributed by atoms with Crippen LogP contribution < -0.4 is 9.64 Å². The molecule has 0 N–H and O–H groups in total. The highest BCUT2D eigenvalue weighted by atomic mass is 32.2. The third-order valence-electron chi connectivity index (χ3n) is 5.68. The van der Waals surface area contributed by atoms with Gasteiger partial charge in [0.25, 0.3) is 0 Å². The highest BCUT2D eigenvalue weighted by Crippen LogP contribution is 2.32. The molecule has 1 aliphatic heterocycles. The topological polar surface area (TPSA) is 49.9 Å². The van der Waals surface area contributed by atoms with Gasteiger partial charge in [-0.3, -0.25) is 0 Å². The summed E-state index contributed by atoms with van der Waals surface area (Å²) < 4.78 is 33.5. The molecule has 152 valence electrons. The summed E-state index contributed by atoms with van der Waals surface area (Å²) in [6, 6.07) is 13.5. The van der Waals surface area contributed by atoms with Gasteiger partial charge in [0.05, 0.1) is 12.0 Å². The van der Waals surface area contributed by atoms with Gasteiger partial charge in [0.1, 0.15) is 5.75 Å². The monoisotopic (exact) mass is 402 g/mol. The Labute approximate surface area is 169 Å². The van der Waals surface area contributed by atoms with E-state index < -0.39 is 10.0 Å². The molecule has 0 aromatic heterocycles. The third-order valence-corrected chi connectivity index (χ3v) is 7.57. The van der Waals surface area contributed by atoms with E-state index in [9.17, 15) is 8.42 Å². The van der Waals surface area contributed by atoms with Gasteiger partial charge in [-0.2, -0.15) is 4.31 Å². The number of para-hydroxylation sites is 1. The molecule has 3 rings (SSSR count). The predicted molar refractivity (Wildman–Crippen MR) is 114 cm³/mol. The molecule has 0 radical (unpaired) electrons. The van der Waals surface area contributed by atoms with E-state index >= 15 is 0 Å². The van der Waals surface area contributed by atoms with Crippen molar-refractivity contribution in [3.05, 3.63) is 53.6 Å². The number of benzene rings is 2. The molecule has 6 heteroatoms. The van der Waals surface area contributed by atoms with Crippen LogP contribution in [-0.4, -0.2) is 46.0 Å². The number of hydrogen-bond acceptors (Lipinski definition) is 4. The molecule has 0 amide bonds. The van der Waals surface area contributed by atoms with E-state index in [4.69, 9.17) is 4.74 Å². The largest absolute Gasteiger partial charge is 0.496 e. The first kappa shape index (κ1) is 20.7. The van der Waals surface area contributed by atoms with Crippen LogP contribution in [0.3, 0.4) is 0 Å². The molecule has 0 aliphatic carbocycles. The minimum atomic E-state index is -3.52. The lowest BCUT2D eigenvalue weighted by molar-refractivity contribution is 0.384. The lowest BCUT2D eigenvalue weighted by Crippen LogP contribution is -2.48. The van der Waals surface area contributed by atoms with Crippen LogP contribution in [0.5, 0.6) is 5.75 Å². The van der Waals surface area contributed by atoms with Crippen LogP contribution in [-0.2, 0) is 10.0 Å². The zero-order valence-corrected chi connectivity index (χ0v) is 18.0. The Morgan fingerprint density at radius 2 is 1.75 bits per heavy atom. The fourth-order valence-corrected chi connectivity index (χ4v) is 5.17. The Hall–Kier alpha value is -2.05. The second-order valence-electron chi connectivity index (χ2n) is 7.39. The zero-order chi connectivity index (χ0) is 20.3. The second-order valence-corrected chi connectivity index (χ2v) is 9.33. The molecular formula is C22H30N2O3S. The highest BCUT2D eigenvalue weighted by Gasteiger charge is 2.29. The Morgan fingerprint density at radius 3 is 2.36 bits per heavy atom. The van der Waals surface area contributed by atoms with E-state index in [2.05, 4.69) is 37.8 Å². The molecule has 1 saturated heterocycles. The number of aryl methyl sites for hydroxylation is 1. The van der Waals surface area contributed by atoms with E-state index in [1.54, 1.807) is 29.6 Å². The Bertz CT molecular complexity index is 919. The summed E-state index contributed by atoms with van der Waals surface area (Å²) in [5.41, 5.74) is 3.35. The van der Waals surface area contributed by atoms with Gasteiger partial charge in [0, 0.05) is 31.9 Å². The van der Waals surface area contributed by atoms with Gasteiger partial charge in [0.15, 0.2) is 0 Å². The summed E-state index contributed by atoms with van der Waals surface area (Å²) in [5, 5.41) is 0. The van der Waals surface area contributed by atoms with Crippen molar-refractivity contribution < 1.29 is 13.2 Å². The van der Waals surface area contributed by atoms with Crippen LogP contribution in [0, 0.1) is 6.92 Å². The molecule has 2 aromatic rings. The predicted octanol–water partition coefficient (Wildman–Crippen LogP) is 4.03. The first-order chi connectivity index (χ1) is 13.4. The van der Waals surface area contributed by atoms with Crippen molar-refractivity contribution in [2.24, 2.45) is 0 Å². The molecule has 1 aliphatic rings. The lowest BCUT2D eigenvalue weighted by atomic mass is 9.98. The maximum atomic E-state index is 13.2. The molecule has 0 saturated carbocycles. The smallest absolute Gasteiger partial charge is 0.243 e. The minimum absolute atomic E-state index is 0.239. The molecule has 5 nitrogen and oxygen atoms in total. The van der Waals surface area contributed by atoms with Crippen LogP contribution in [0.15, 0.2) is 47.4 Å². The normalized spacial score (nSPS) is 16.8. The fraction of sp³-hybridized carbons (Fsp3) is 0.455. The maximum Gasteiger partial charge on any atom is 0.243 e. The van der Waals surface area contributed by atoms with Crippen LogP contribution in [0.25, 0.3) is 0 Å². The fourth-order valence-electron chi connectivity index (χ4n) is 3.71. The minimum Gasteiger partial charge on any atom is -0.496 e. The molecular weight excluding hydrogens is 372 g/mol. The number of anilines is 1. The number of methoxy groups -OCH3 is 1. The van der Waals surface area contributed by atoms with Crippen LogP contribution >= 0.6 is 0 Å². The average molecular weight is 403 g/mol. The van der Waals surface area contributed by atoms with E-state index in [1.165, 1.54) is 11.3 Å². The van der Waals surface area contributed by atoms with Gasteiger partial charge in [-0.25, -0.2) is 8.42 Å². The zero-order valence-electron chi connectivity index (χ0n) is 17.2. The second kappa shape index (κ2) is 8.53. The molecule has 1 unspecified atom stereocenters. The van der Waals surface area contributed by atoms with E-state index in [0.717, 1.165) is 17.7 Å². The van der Waals surface area contributed by atoms with Crippen molar-refractivity contribution in [3.8, 4) is 5.75 Å². The maximum absolute atomic E-state index is 13.2. The Kier molecular flexibility index (Phi) is 6.30. The van der Waals surface area contributed by atoms with E-state index in [1.807, 2.05) is 12.1 Å². The van der Waals surface area contributed by atoms with Gasteiger partial charge in [-0.05, 0) is 54.7 Å². The summed E-state index contributed by atoms with van der Waals surface area (Å²) in [4.78, 5) is 2.62. The molecule has 1 fully saturated rings. The average Bonchev–Trinajstić information content (AvgIpc) is 2.73. The summed E-state index contributed by atoms with van der Waals surface area (Å²) >= 11 is 0. The number of ether oxygens (including phenoxy) is 1. The number of hydrogen-bond donors (Lipinski definition) is 0. The molecule has 2 aromatic carbocycles. The molecule has 0 bridgehead atoms. The summed E-state index contributed by atoms with van der Waals surface area (Å²) in [5.74, 6) is 0.987. The van der Waals surface area contributed by atoms with Crippen LogP contribution in [0.4, 0.5) is 5.69 Å². The highest BCUT2D eigenvalue weighted by molar-refractivity contribution is 7.89. The Balaban J connectivity index is 1.80. The summed E-state index contributed by atoms with van der Waals surface area (Å²) in [6.07, 6.45) is 0.926. The third kappa shape index (κ3) is 4.03. The van der Waals surface area contributed by atoms with Crippen molar-refractivity contribution in [2.75, 3.05) is 38.2 Å². The lowest BCUT2D eigenvalue weighted by Gasteiger charge is -2.36. The number of piperazine rings is 1. The quantitative estimate of drug-likeness (QED) is 0.732. The molecule has 28 heavy (non-hydrogen) atoms. The van der Waals surface area contributed by atoms with Crippen molar-refractivity contribution in [1.29, 1.82) is 0 Å². The van der Waals surface area contributed by atoms with E-state index in [0.29, 0.717) is 31.1 Å². The number of sulfonamides is 1. The molecule has 1 atom stereocenters. The van der Waals surface area contributed by atoms with Crippen molar-refractivity contribution >= 4 is 15.7 Å². The van der Waals surface area contributed by atoms with Crippen molar-refractivity contribution in [3.63, 3.8) is 0 Å². The number of nitrogens with zero attached hydrogens (tertiary/aromatic N) is 2. The van der Waals surface area contributed by atoms with Gasteiger partial charge >= 0.3 is 0 Å². The van der Waals surface area contributed by atoms with Gasteiger partial charge in [-0.1, -0.05) is 32.0 Å². The first-order valence-electron chi connectivity index (χ1n) is 9.87. The Morgan fingerprint density at radius 1 is 1.07 bits per heavy atom. The van der Waals surface area contributed by atoms with Crippen LogP contribution in [0.2, 0.25) is 0 Å². The van der Waals surface area contributed by atoms with Crippen LogP contribution in [0.1, 0.15) is 37.3 Å².